The molecule has 0 bridgehead atoms. The van der Waals surface area contributed by atoms with Crippen LogP contribution in [0.15, 0.2) is 59.0 Å². The first-order valence-electron chi connectivity index (χ1n) is 12.1. The molecule has 188 valence electrons. The van der Waals surface area contributed by atoms with Crippen molar-refractivity contribution in [2.24, 2.45) is 7.05 Å². The summed E-state index contributed by atoms with van der Waals surface area (Å²) in [7, 11) is 1.88. The van der Waals surface area contributed by atoms with Crippen molar-refractivity contribution in [3.63, 3.8) is 0 Å². The zero-order valence-electron chi connectivity index (χ0n) is 20.5. The fraction of sp³-hybridized carbons (Fsp3) is 0.400. The summed E-state index contributed by atoms with van der Waals surface area (Å²) >= 11 is 1.48. The molecule has 11 heteroatoms. The number of urea groups is 1. The van der Waals surface area contributed by atoms with Gasteiger partial charge in [0.25, 0.3) is 0 Å². The van der Waals surface area contributed by atoms with Crippen molar-refractivity contribution in [1.82, 2.24) is 34.8 Å². The number of carbonyl (C=O) groups is 2. The Morgan fingerprint density at radius 1 is 1.17 bits per heavy atom. The second kappa shape index (κ2) is 10.2. The van der Waals surface area contributed by atoms with E-state index in [1.54, 1.807) is 22.7 Å². The number of hydrogen-bond donors (Lipinski definition) is 1. The Kier molecular flexibility index (Phi) is 6.82. The molecule has 1 aliphatic heterocycles. The molecule has 0 radical (unpaired) electrons. The summed E-state index contributed by atoms with van der Waals surface area (Å²) in [6.45, 7) is 4.33. The van der Waals surface area contributed by atoms with Crippen LogP contribution in [0.25, 0.3) is 11.5 Å². The maximum atomic E-state index is 13.2. The van der Waals surface area contributed by atoms with Crippen LogP contribution in [0.3, 0.4) is 0 Å². The Hall–Kier alpha value is -3.60. The lowest BCUT2D eigenvalue weighted by atomic mass is 9.95. The fourth-order valence-electron chi connectivity index (χ4n) is 4.48. The third kappa shape index (κ3) is 4.50. The second-order valence-electron chi connectivity index (χ2n) is 8.65. The highest BCUT2D eigenvalue weighted by atomic mass is 32.2. The van der Waals surface area contributed by atoms with Crippen LogP contribution in [-0.2, 0) is 16.6 Å². The Morgan fingerprint density at radius 3 is 2.58 bits per heavy atom. The highest BCUT2D eigenvalue weighted by Crippen LogP contribution is 2.42. The van der Waals surface area contributed by atoms with E-state index in [0.29, 0.717) is 29.6 Å². The number of esters is 1. The number of hydrogen-bond acceptors (Lipinski definition) is 7. The van der Waals surface area contributed by atoms with Crippen LogP contribution in [0.1, 0.15) is 44.3 Å². The lowest BCUT2D eigenvalue weighted by molar-refractivity contribution is -0.139. The molecule has 3 aromatic rings. The second-order valence-corrected chi connectivity index (χ2v) is 9.60. The molecule has 1 aromatic carbocycles. The number of ether oxygens (including phenoxy) is 1. The van der Waals surface area contributed by atoms with E-state index in [4.69, 9.17) is 4.74 Å². The normalized spacial score (nSPS) is 17.9. The van der Waals surface area contributed by atoms with Crippen molar-refractivity contribution in [3.8, 4) is 11.5 Å². The SMILES string of the molecule is CCOC(=O)C1=C(CSc2nnc(-c3ccnn3C)n2C2CC2)N(CC)C(=O)N[C@@H]1c1ccccc1. The van der Waals surface area contributed by atoms with E-state index >= 15 is 0 Å². The van der Waals surface area contributed by atoms with Gasteiger partial charge in [0, 0.05) is 37.3 Å². The minimum absolute atomic E-state index is 0.241. The standard InChI is InChI=1S/C25H29N7O3S/c1-4-31-19(20(23(33)35-5-2)21(27-24(31)34)16-9-7-6-8-10-16)15-36-25-29-28-22(32(25)17-11-12-17)18-13-14-26-30(18)3/h6-10,13-14,17,21H,4-5,11-12,15H2,1-3H3,(H,27,34)/t21-/m1/s1. The predicted octanol–water partition coefficient (Wildman–Crippen LogP) is 3.71. The minimum Gasteiger partial charge on any atom is -0.463 e. The van der Waals surface area contributed by atoms with Crippen LogP contribution in [-0.4, -0.2) is 60.3 Å². The van der Waals surface area contributed by atoms with E-state index in [1.807, 2.05) is 50.4 Å². The van der Waals surface area contributed by atoms with Crippen molar-refractivity contribution >= 4 is 23.8 Å². The van der Waals surface area contributed by atoms with Gasteiger partial charge in [-0.1, -0.05) is 42.1 Å². The predicted molar refractivity (Wildman–Crippen MR) is 135 cm³/mol. The first-order chi connectivity index (χ1) is 17.5. The molecule has 1 fully saturated rings. The molecule has 0 unspecified atom stereocenters. The number of nitrogens with zero attached hydrogens (tertiary/aromatic N) is 6. The van der Waals surface area contributed by atoms with Crippen LogP contribution >= 0.6 is 11.8 Å². The van der Waals surface area contributed by atoms with Gasteiger partial charge in [0.1, 0.15) is 5.69 Å². The van der Waals surface area contributed by atoms with Crippen LogP contribution in [0.2, 0.25) is 0 Å². The van der Waals surface area contributed by atoms with Gasteiger partial charge in [-0.2, -0.15) is 5.10 Å². The first-order valence-corrected chi connectivity index (χ1v) is 13.1. The number of aromatic nitrogens is 5. The van der Waals surface area contributed by atoms with E-state index in [2.05, 4.69) is 25.2 Å². The maximum absolute atomic E-state index is 13.2. The van der Waals surface area contributed by atoms with Crippen molar-refractivity contribution in [3.05, 3.63) is 59.4 Å². The number of amides is 2. The van der Waals surface area contributed by atoms with Gasteiger partial charge in [-0.3, -0.25) is 14.1 Å². The molecule has 2 amide bonds. The Bertz CT molecular complexity index is 1300. The van der Waals surface area contributed by atoms with Gasteiger partial charge in [0.05, 0.1) is 18.2 Å². The van der Waals surface area contributed by atoms with E-state index in [1.165, 1.54) is 11.8 Å². The third-order valence-corrected chi connectivity index (χ3v) is 7.30. The lowest BCUT2D eigenvalue weighted by Gasteiger charge is -2.36. The fourth-order valence-corrected chi connectivity index (χ4v) is 5.53. The van der Waals surface area contributed by atoms with Gasteiger partial charge in [0.2, 0.25) is 0 Å². The number of aryl methyl sites for hydroxylation is 1. The molecular formula is C25H29N7O3S. The zero-order valence-corrected chi connectivity index (χ0v) is 21.4. The maximum Gasteiger partial charge on any atom is 0.338 e. The van der Waals surface area contributed by atoms with Crippen LogP contribution in [0.4, 0.5) is 4.79 Å². The zero-order chi connectivity index (χ0) is 25.2. The summed E-state index contributed by atoms with van der Waals surface area (Å²) < 4.78 is 9.39. The average molecular weight is 508 g/mol. The number of rotatable bonds is 9. The van der Waals surface area contributed by atoms with E-state index < -0.39 is 12.0 Å². The summed E-state index contributed by atoms with van der Waals surface area (Å²) in [5.41, 5.74) is 2.79. The lowest BCUT2D eigenvalue weighted by Crippen LogP contribution is -2.49. The van der Waals surface area contributed by atoms with E-state index in [9.17, 15) is 9.59 Å². The molecule has 36 heavy (non-hydrogen) atoms. The largest absolute Gasteiger partial charge is 0.463 e. The Morgan fingerprint density at radius 2 is 1.94 bits per heavy atom. The quantitative estimate of drug-likeness (QED) is 0.348. The Labute approximate surface area is 213 Å². The first kappa shape index (κ1) is 24.1. The van der Waals surface area contributed by atoms with Gasteiger partial charge in [-0.15, -0.1) is 10.2 Å². The van der Waals surface area contributed by atoms with Crippen molar-refractivity contribution < 1.29 is 14.3 Å². The van der Waals surface area contributed by atoms with Crippen molar-refractivity contribution in [2.45, 2.75) is 43.9 Å². The van der Waals surface area contributed by atoms with Gasteiger partial charge in [-0.05, 0) is 38.3 Å². The summed E-state index contributed by atoms with van der Waals surface area (Å²) in [6.07, 6.45) is 3.87. The van der Waals surface area contributed by atoms with E-state index in [0.717, 1.165) is 35.1 Å². The van der Waals surface area contributed by atoms with Crippen LogP contribution in [0.5, 0.6) is 0 Å². The minimum atomic E-state index is -0.595. The Balaban J connectivity index is 1.54. The molecule has 1 N–H and O–H groups in total. The highest BCUT2D eigenvalue weighted by Gasteiger charge is 2.38. The average Bonchev–Trinajstić information content (AvgIpc) is 3.50. The summed E-state index contributed by atoms with van der Waals surface area (Å²) in [6, 6.07) is 10.9. The summed E-state index contributed by atoms with van der Waals surface area (Å²) in [4.78, 5) is 28.0. The van der Waals surface area contributed by atoms with Gasteiger partial charge < -0.3 is 10.1 Å². The molecule has 3 heterocycles. The van der Waals surface area contributed by atoms with Crippen LogP contribution in [0, 0.1) is 0 Å². The molecule has 5 rings (SSSR count). The molecule has 0 spiro atoms. The molecule has 1 atom stereocenters. The number of carbonyl (C=O) groups excluding carboxylic acids is 2. The van der Waals surface area contributed by atoms with Crippen molar-refractivity contribution in [1.29, 1.82) is 0 Å². The molecule has 2 aliphatic rings. The number of thioether (sulfide) groups is 1. The van der Waals surface area contributed by atoms with Gasteiger partial charge in [-0.25, -0.2) is 9.59 Å². The molecule has 2 aromatic heterocycles. The number of nitrogens with one attached hydrogen (secondary N) is 1. The van der Waals surface area contributed by atoms with Crippen molar-refractivity contribution in [2.75, 3.05) is 18.9 Å². The van der Waals surface area contributed by atoms with E-state index in [-0.39, 0.29) is 12.6 Å². The van der Waals surface area contributed by atoms with Gasteiger partial charge in [0.15, 0.2) is 11.0 Å². The summed E-state index contributed by atoms with van der Waals surface area (Å²) in [5.74, 6) is 0.713. The molecule has 1 aliphatic carbocycles. The molecule has 1 saturated carbocycles. The monoisotopic (exact) mass is 507 g/mol. The smallest absolute Gasteiger partial charge is 0.338 e. The topological polar surface area (TPSA) is 107 Å². The third-order valence-electron chi connectivity index (χ3n) is 6.35. The van der Waals surface area contributed by atoms with Crippen LogP contribution < -0.4 is 5.32 Å². The number of benzene rings is 1. The molecular weight excluding hydrogens is 478 g/mol. The molecule has 0 saturated heterocycles. The van der Waals surface area contributed by atoms with Gasteiger partial charge >= 0.3 is 12.0 Å². The summed E-state index contributed by atoms with van der Waals surface area (Å²) in [5, 5.41) is 17.0. The molecule has 10 nitrogen and oxygen atoms in total. The highest BCUT2D eigenvalue weighted by molar-refractivity contribution is 7.99.